The normalized spacial score (nSPS) is 18.5. The summed E-state index contributed by atoms with van der Waals surface area (Å²) in [4.78, 5) is 0. The molecule has 1 atom stereocenters. The molecule has 0 bridgehead atoms. The molecule has 1 aliphatic rings. The van der Waals surface area contributed by atoms with Crippen molar-refractivity contribution < 1.29 is 17.9 Å². The molecular formula is C20H29N3O4S. The second-order valence-electron chi connectivity index (χ2n) is 7.05. The van der Waals surface area contributed by atoms with Gasteiger partial charge < -0.3 is 9.47 Å². The molecule has 0 saturated carbocycles. The number of ether oxygens (including phenoxy) is 2. The average Bonchev–Trinajstić information content (AvgIpc) is 3.00. The molecule has 0 spiro atoms. The first-order chi connectivity index (χ1) is 13.5. The molecule has 1 fully saturated rings. The largest absolute Gasteiger partial charge is 0.385 e. The molecule has 1 saturated heterocycles. The summed E-state index contributed by atoms with van der Waals surface area (Å²) in [6.45, 7) is 5.62. The van der Waals surface area contributed by atoms with E-state index in [0.29, 0.717) is 32.8 Å². The third kappa shape index (κ3) is 4.46. The molecule has 2 aromatic rings. The summed E-state index contributed by atoms with van der Waals surface area (Å²) in [6.07, 6.45) is 1.32. The highest BCUT2D eigenvalue weighted by atomic mass is 32.2. The number of methoxy groups -OCH3 is 1. The van der Waals surface area contributed by atoms with Gasteiger partial charge >= 0.3 is 0 Å². The fraction of sp³-hybridized carbons (Fsp3) is 0.550. The fourth-order valence-corrected chi connectivity index (χ4v) is 5.46. The number of hydrogen-bond donors (Lipinski definition) is 0. The second kappa shape index (κ2) is 9.17. The second-order valence-corrected chi connectivity index (χ2v) is 9.09. The summed E-state index contributed by atoms with van der Waals surface area (Å²) in [5, 5.41) is 4.68. The Hall–Kier alpha value is -1.74. The van der Waals surface area contributed by atoms with E-state index in [4.69, 9.17) is 9.47 Å². The predicted octanol–water partition coefficient (Wildman–Crippen LogP) is 2.62. The number of morpholine rings is 1. The van der Waals surface area contributed by atoms with Crippen molar-refractivity contribution in [2.24, 2.45) is 0 Å². The third-order valence-electron chi connectivity index (χ3n) is 5.12. The molecule has 0 radical (unpaired) electrons. The smallest absolute Gasteiger partial charge is 0.214 e. The maximum absolute atomic E-state index is 13.0. The van der Waals surface area contributed by atoms with Gasteiger partial charge in [-0.15, -0.1) is 0 Å². The molecular weight excluding hydrogens is 378 g/mol. The summed E-state index contributed by atoms with van der Waals surface area (Å²) < 4.78 is 40.2. The lowest BCUT2D eigenvalue weighted by atomic mass is 10.0. The van der Waals surface area contributed by atoms with Gasteiger partial charge in [-0.25, -0.2) is 13.1 Å². The summed E-state index contributed by atoms with van der Waals surface area (Å²) >= 11 is 0. The summed E-state index contributed by atoms with van der Waals surface area (Å²) in [7, 11) is -1.76. The molecule has 0 aliphatic carbocycles. The number of nitrogens with zero attached hydrogens (tertiary/aromatic N) is 3. The van der Waals surface area contributed by atoms with Crippen LogP contribution in [0, 0.1) is 13.8 Å². The molecule has 8 heteroatoms. The van der Waals surface area contributed by atoms with Crippen LogP contribution in [0.25, 0.3) is 5.69 Å². The Morgan fingerprint density at radius 3 is 2.68 bits per heavy atom. The topological polar surface area (TPSA) is 73.7 Å². The van der Waals surface area contributed by atoms with Crippen molar-refractivity contribution >= 4 is 10.0 Å². The van der Waals surface area contributed by atoms with Gasteiger partial charge in [0.2, 0.25) is 10.0 Å². The van der Waals surface area contributed by atoms with Gasteiger partial charge in [0.25, 0.3) is 0 Å². The lowest BCUT2D eigenvalue weighted by Gasteiger charge is -2.35. The number of hydrogen-bond acceptors (Lipinski definition) is 5. The molecule has 2 heterocycles. The van der Waals surface area contributed by atoms with Crippen molar-refractivity contribution in [2.75, 3.05) is 39.2 Å². The van der Waals surface area contributed by atoms with Crippen LogP contribution in [0.1, 0.15) is 35.8 Å². The van der Waals surface area contributed by atoms with E-state index in [2.05, 4.69) is 5.10 Å². The van der Waals surface area contributed by atoms with Crippen molar-refractivity contribution in [3.05, 3.63) is 47.3 Å². The van der Waals surface area contributed by atoms with Crippen molar-refractivity contribution in [3.8, 4) is 5.69 Å². The Morgan fingerprint density at radius 1 is 1.21 bits per heavy atom. The molecule has 28 heavy (non-hydrogen) atoms. The standard InChI is InChI=1S/C20H29N3O4S/c1-16-20(17(2)23(21-16)18-9-5-4-6-10-18)19-15-27-13-11-22(19)28(24,25)14-8-7-12-26-3/h4-6,9-10,19H,7-8,11-15H2,1-3H3. The van der Waals surface area contributed by atoms with Gasteiger partial charge in [0, 0.05) is 31.5 Å². The Labute approximate surface area is 167 Å². The summed E-state index contributed by atoms with van der Waals surface area (Å²) in [5.41, 5.74) is 3.67. The minimum absolute atomic E-state index is 0.123. The SMILES string of the molecule is COCCCCS(=O)(=O)N1CCOCC1c1c(C)nn(-c2ccccc2)c1C. The maximum atomic E-state index is 13.0. The van der Waals surface area contributed by atoms with E-state index < -0.39 is 10.0 Å². The lowest BCUT2D eigenvalue weighted by molar-refractivity contribution is 0.0316. The van der Waals surface area contributed by atoms with Crippen LogP contribution in [-0.4, -0.2) is 61.7 Å². The number of aryl methyl sites for hydroxylation is 1. The average molecular weight is 408 g/mol. The van der Waals surface area contributed by atoms with E-state index in [1.807, 2.05) is 48.9 Å². The summed E-state index contributed by atoms with van der Waals surface area (Å²) in [6, 6.07) is 9.52. The number of unbranched alkanes of at least 4 members (excludes halogenated alkanes) is 1. The highest BCUT2D eigenvalue weighted by Crippen LogP contribution is 2.32. The van der Waals surface area contributed by atoms with Crippen LogP contribution in [-0.2, 0) is 19.5 Å². The van der Waals surface area contributed by atoms with Crippen molar-refractivity contribution in [1.82, 2.24) is 14.1 Å². The monoisotopic (exact) mass is 407 g/mol. The number of sulfonamides is 1. The van der Waals surface area contributed by atoms with Crippen molar-refractivity contribution in [2.45, 2.75) is 32.7 Å². The molecule has 1 aromatic heterocycles. The zero-order valence-electron chi connectivity index (χ0n) is 16.8. The summed E-state index contributed by atoms with van der Waals surface area (Å²) in [5.74, 6) is 0.123. The number of rotatable bonds is 8. The van der Waals surface area contributed by atoms with E-state index in [9.17, 15) is 8.42 Å². The fourth-order valence-electron chi connectivity index (χ4n) is 3.75. The van der Waals surface area contributed by atoms with E-state index in [-0.39, 0.29) is 11.8 Å². The Balaban J connectivity index is 1.89. The Bertz CT molecular complexity index is 880. The van der Waals surface area contributed by atoms with Crippen molar-refractivity contribution in [1.29, 1.82) is 0 Å². The Kier molecular flexibility index (Phi) is 6.87. The molecule has 7 nitrogen and oxygen atoms in total. The van der Waals surface area contributed by atoms with Gasteiger partial charge in [-0.2, -0.15) is 9.40 Å². The van der Waals surface area contributed by atoms with Crippen LogP contribution in [0.3, 0.4) is 0 Å². The van der Waals surface area contributed by atoms with Gasteiger partial charge in [-0.05, 0) is 38.8 Å². The number of para-hydroxylation sites is 1. The van der Waals surface area contributed by atoms with Gasteiger partial charge in [-0.3, -0.25) is 0 Å². The molecule has 1 aliphatic heterocycles. The van der Waals surface area contributed by atoms with Crippen molar-refractivity contribution in [3.63, 3.8) is 0 Å². The minimum atomic E-state index is -3.39. The first-order valence-electron chi connectivity index (χ1n) is 9.63. The first kappa shape index (κ1) is 21.0. The quantitative estimate of drug-likeness (QED) is 0.629. The lowest BCUT2D eigenvalue weighted by Crippen LogP contribution is -2.44. The van der Waals surface area contributed by atoms with Crippen LogP contribution < -0.4 is 0 Å². The van der Waals surface area contributed by atoms with Gasteiger partial charge in [-0.1, -0.05) is 18.2 Å². The van der Waals surface area contributed by atoms with Crippen LogP contribution in [0.4, 0.5) is 0 Å². The van der Waals surface area contributed by atoms with E-state index >= 15 is 0 Å². The highest BCUT2D eigenvalue weighted by molar-refractivity contribution is 7.89. The van der Waals surface area contributed by atoms with E-state index in [0.717, 1.165) is 29.1 Å². The number of benzene rings is 1. The van der Waals surface area contributed by atoms with Gasteiger partial charge in [0.1, 0.15) is 0 Å². The molecule has 0 amide bonds. The van der Waals surface area contributed by atoms with Crippen LogP contribution >= 0.6 is 0 Å². The highest BCUT2D eigenvalue weighted by Gasteiger charge is 2.36. The minimum Gasteiger partial charge on any atom is -0.385 e. The molecule has 3 rings (SSSR count). The molecule has 1 aromatic carbocycles. The van der Waals surface area contributed by atoms with E-state index in [1.54, 1.807) is 11.4 Å². The van der Waals surface area contributed by atoms with Gasteiger partial charge in [0.05, 0.1) is 36.4 Å². The third-order valence-corrected chi connectivity index (χ3v) is 7.07. The zero-order valence-corrected chi connectivity index (χ0v) is 17.6. The van der Waals surface area contributed by atoms with Crippen LogP contribution in [0.5, 0.6) is 0 Å². The molecule has 154 valence electrons. The maximum Gasteiger partial charge on any atom is 0.214 e. The van der Waals surface area contributed by atoms with Gasteiger partial charge in [0.15, 0.2) is 0 Å². The Morgan fingerprint density at radius 2 is 1.96 bits per heavy atom. The number of aromatic nitrogens is 2. The first-order valence-corrected chi connectivity index (χ1v) is 11.2. The zero-order chi connectivity index (χ0) is 20.1. The predicted molar refractivity (Wildman–Crippen MR) is 108 cm³/mol. The van der Waals surface area contributed by atoms with Crippen LogP contribution in [0.2, 0.25) is 0 Å². The molecule has 0 N–H and O–H groups in total. The van der Waals surface area contributed by atoms with E-state index in [1.165, 1.54) is 0 Å². The molecule has 1 unspecified atom stereocenters. The van der Waals surface area contributed by atoms with Crippen LogP contribution in [0.15, 0.2) is 30.3 Å².